The van der Waals surface area contributed by atoms with Crippen molar-refractivity contribution in [3.05, 3.63) is 23.0 Å². The Labute approximate surface area is 194 Å². The smallest absolute Gasteiger partial charge is 0.151 e. The number of piperidine rings is 1. The maximum atomic E-state index is 10.4. The normalized spacial score (nSPS) is 21.0. The Morgan fingerprint density at radius 2 is 2.03 bits per heavy atom. The molecule has 0 saturated carbocycles. The van der Waals surface area contributed by atoms with E-state index in [0.29, 0.717) is 42.0 Å². The van der Waals surface area contributed by atoms with Crippen molar-refractivity contribution in [1.82, 2.24) is 15.0 Å². The van der Waals surface area contributed by atoms with Gasteiger partial charge in [-0.15, -0.1) is 0 Å². The molecule has 4 rings (SSSR count). The van der Waals surface area contributed by atoms with E-state index >= 15 is 0 Å². The standard InChI is InChI=1S/C18H20B3ClN6O2S/c19-13-16(31-9-1-4-25-14(24)11(9)22)26-12(18(20,21)29)15(27-13)28-5-2-17(3-6-28)8-30-7-10(17)23/h1,4,10,29H,2-3,5-8,23H2,(H2,24,25)/t10-/m1/s1. The summed E-state index contributed by atoms with van der Waals surface area (Å²) in [5, 5.41) is 8.76. The lowest BCUT2D eigenvalue weighted by atomic mass is 9.63. The first-order valence-electron chi connectivity index (χ1n) is 9.75. The van der Waals surface area contributed by atoms with Gasteiger partial charge in [0.25, 0.3) is 0 Å². The van der Waals surface area contributed by atoms with Crippen molar-refractivity contribution in [3.63, 3.8) is 0 Å². The Balaban J connectivity index is 1.64. The third-order valence-electron chi connectivity index (χ3n) is 5.87. The fraction of sp³-hybridized carbons (Fsp3) is 0.500. The first-order valence-corrected chi connectivity index (χ1v) is 10.9. The van der Waals surface area contributed by atoms with E-state index in [1.165, 1.54) is 6.20 Å². The first kappa shape index (κ1) is 22.7. The predicted octanol–water partition coefficient (Wildman–Crippen LogP) is -0.564. The van der Waals surface area contributed by atoms with Crippen molar-refractivity contribution in [2.24, 2.45) is 11.1 Å². The molecule has 1 spiro atoms. The molecule has 0 amide bonds. The summed E-state index contributed by atoms with van der Waals surface area (Å²) in [5.41, 5.74) is 12.2. The second kappa shape index (κ2) is 8.48. The summed E-state index contributed by atoms with van der Waals surface area (Å²) in [6.45, 7) is 2.48. The van der Waals surface area contributed by atoms with Gasteiger partial charge in [-0.05, 0) is 18.9 Å². The number of halogens is 1. The van der Waals surface area contributed by atoms with Gasteiger partial charge in [0.1, 0.15) is 34.4 Å². The quantitative estimate of drug-likeness (QED) is 0.524. The molecule has 1 atom stereocenters. The van der Waals surface area contributed by atoms with Crippen molar-refractivity contribution in [3.8, 4) is 0 Å². The second-order valence-electron chi connectivity index (χ2n) is 7.99. The molecule has 0 aliphatic carbocycles. The van der Waals surface area contributed by atoms with Gasteiger partial charge in [-0.2, -0.15) is 0 Å². The molecule has 13 heteroatoms. The fourth-order valence-corrected chi connectivity index (χ4v) is 5.01. The topological polar surface area (TPSA) is 123 Å². The largest absolute Gasteiger partial charge is 0.403 e. The third kappa shape index (κ3) is 4.41. The van der Waals surface area contributed by atoms with Gasteiger partial charge in [0.15, 0.2) is 5.82 Å². The number of anilines is 2. The minimum Gasteiger partial charge on any atom is -0.403 e. The SMILES string of the molecule is [B]c1nc(N2CCC3(CC2)COC[C@H]3N)c(C([B])([B])O)nc1Sc1ccnc(N)c1Cl. The molecule has 0 bridgehead atoms. The van der Waals surface area contributed by atoms with Crippen molar-refractivity contribution in [1.29, 1.82) is 0 Å². The number of aliphatic hydroxyl groups is 1. The van der Waals surface area contributed by atoms with Crippen LogP contribution in [0.25, 0.3) is 0 Å². The minimum atomic E-state index is -2.21. The predicted molar refractivity (Wildman–Crippen MR) is 123 cm³/mol. The number of pyridine rings is 1. The van der Waals surface area contributed by atoms with E-state index in [9.17, 15) is 5.11 Å². The third-order valence-corrected chi connectivity index (χ3v) is 7.43. The van der Waals surface area contributed by atoms with E-state index < -0.39 is 5.40 Å². The zero-order valence-corrected chi connectivity index (χ0v) is 18.4. The van der Waals surface area contributed by atoms with Crippen LogP contribution in [0.4, 0.5) is 11.6 Å². The molecular weight excluding hydrogens is 432 g/mol. The summed E-state index contributed by atoms with van der Waals surface area (Å²) in [6, 6.07) is 1.68. The van der Waals surface area contributed by atoms with Gasteiger partial charge in [0.2, 0.25) is 0 Å². The molecule has 2 aromatic heterocycles. The van der Waals surface area contributed by atoms with E-state index in [4.69, 9.17) is 51.3 Å². The van der Waals surface area contributed by atoms with Crippen LogP contribution < -0.4 is 22.0 Å². The lowest BCUT2D eigenvalue weighted by Gasteiger charge is -2.42. The number of nitrogens with zero attached hydrogens (tertiary/aromatic N) is 4. The summed E-state index contributed by atoms with van der Waals surface area (Å²) in [6.07, 6.45) is 3.14. The van der Waals surface area contributed by atoms with Crippen molar-refractivity contribution < 1.29 is 9.84 Å². The summed E-state index contributed by atoms with van der Waals surface area (Å²) in [4.78, 5) is 15.4. The molecule has 4 heterocycles. The molecule has 0 unspecified atom stereocenters. The molecule has 0 aromatic carbocycles. The van der Waals surface area contributed by atoms with E-state index in [1.54, 1.807) is 6.07 Å². The average Bonchev–Trinajstić information content (AvgIpc) is 3.06. The zero-order chi connectivity index (χ0) is 22.4. The Hall–Kier alpha value is -1.46. The van der Waals surface area contributed by atoms with Crippen LogP contribution in [0.5, 0.6) is 0 Å². The van der Waals surface area contributed by atoms with Gasteiger partial charge in [-0.3, -0.25) is 0 Å². The van der Waals surface area contributed by atoms with Crippen LogP contribution in [0.15, 0.2) is 22.2 Å². The molecule has 6 radical (unpaired) electrons. The summed E-state index contributed by atoms with van der Waals surface area (Å²) in [7, 11) is 17.9. The highest BCUT2D eigenvalue weighted by atomic mass is 35.5. The van der Waals surface area contributed by atoms with Crippen molar-refractivity contribution in [2.75, 3.05) is 36.9 Å². The van der Waals surface area contributed by atoms with Gasteiger partial charge < -0.3 is 26.2 Å². The molecule has 2 aromatic rings. The number of nitrogens with two attached hydrogens (primary N) is 2. The molecule has 5 N–H and O–H groups in total. The van der Waals surface area contributed by atoms with Crippen LogP contribution in [0.1, 0.15) is 18.5 Å². The minimum absolute atomic E-state index is 0.00236. The lowest BCUT2D eigenvalue weighted by Crippen LogP contribution is -2.50. The molecule has 2 fully saturated rings. The Bertz CT molecular complexity index is 987. The van der Waals surface area contributed by atoms with Crippen LogP contribution in [-0.2, 0) is 10.1 Å². The van der Waals surface area contributed by atoms with Crippen molar-refractivity contribution in [2.45, 2.75) is 34.2 Å². The Morgan fingerprint density at radius 3 is 2.65 bits per heavy atom. The van der Waals surface area contributed by atoms with E-state index in [-0.39, 0.29) is 33.6 Å². The molecule has 156 valence electrons. The van der Waals surface area contributed by atoms with E-state index in [1.807, 2.05) is 4.90 Å². The van der Waals surface area contributed by atoms with Gasteiger partial charge >= 0.3 is 0 Å². The van der Waals surface area contributed by atoms with Gasteiger partial charge in [-0.25, -0.2) is 15.0 Å². The number of rotatable bonds is 4. The second-order valence-corrected chi connectivity index (χ2v) is 9.40. The summed E-state index contributed by atoms with van der Waals surface area (Å²) >= 11 is 7.36. The van der Waals surface area contributed by atoms with Gasteiger partial charge in [0, 0.05) is 46.6 Å². The highest BCUT2D eigenvalue weighted by molar-refractivity contribution is 7.99. The average molecular weight is 452 g/mol. The first-order chi connectivity index (χ1) is 14.6. The zero-order valence-electron chi connectivity index (χ0n) is 16.8. The van der Waals surface area contributed by atoms with Crippen LogP contribution in [-0.4, -0.2) is 75.9 Å². The Kier molecular flexibility index (Phi) is 6.22. The number of aromatic nitrogens is 3. The fourth-order valence-electron chi connectivity index (χ4n) is 3.96. The maximum absolute atomic E-state index is 10.4. The van der Waals surface area contributed by atoms with Crippen LogP contribution in [0, 0.1) is 5.41 Å². The molecule has 8 nitrogen and oxygen atoms in total. The highest BCUT2D eigenvalue weighted by Crippen LogP contribution is 2.40. The molecule has 31 heavy (non-hydrogen) atoms. The van der Waals surface area contributed by atoms with E-state index in [0.717, 1.165) is 24.6 Å². The van der Waals surface area contributed by atoms with Crippen LogP contribution in [0.3, 0.4) is 0 Å². The molecule has 2 aliphatic rings. The number of nitrogen functional groups attached to an aromatic ring is 1. The van der Waals surface area contributed by atoms with E-state index in [2.05, 4.69) is 15.0 Å². The lowest BCUT2D eigenvalue weighted by molar-refractivity contribution is 0.131. The molecule has 2 saturated heterocycles. The number of ether oxygens (including phenoxy) is 1. The molecule has 2 aliphatic heterocycles. The van der Waals surface area contributed by atoms with Crippen molar-refractivity contribution >= 4 is 64.1 Å². The van der Waals surface area contributed by atoms with Gasteiger partial charge in [0.05, 0.1) is 23.9 Å². The highest BCUT2D eigenvalue weighted by Gasteiger charge is 2.44. The van der Waals surface area contributed by atoms with Crippen LogP contribution in [0.2, 0.25) is 5.02 Å². The number of hydrogen-bond donors (Lipinski definition) is 3. The van der Waals surface area contributed by atoms with Gasteiger partial charge in [-0.1, -0.05) is 23.4 Å². The number of hydrogen-bond acceptors (Lipinski definition) is 9. The van der Waals surface area contributed by atoms with Crippen LogP contribution >= 0.6 is 23.4 Å². The monoisotopic (exact) mass is 452 g/mol. The summed E-state index contributed by atoms with van der Waals surface area (Å²) < 4.78 is 5.58. The molecular formula is C18H20B3ClN6O2S. The Morgan fingerprint density at radius 1 is 1.32 bits per heavy atom. The summed E-state index contributed by atoms with van der Waals surface area (Å²) in [5.74, 6) is 0.526. The maximum Gasteiger partial charge on any atom is 0.151 e.